The molecule has 2 aliphatic heterocycles. The van der Waals surface area contributed by atoms with Gasteiger partial charge in [-0.3, -0.25) is 4.79 Å². The number of halogens is 3. The number of carbonyl (C=O) groups is 2. The maximum absolute atomic E-state index is 13.2. The van der Waals surface area contributed by atoms with Gasteiger partial charge in [0.1, 0.15) is 12.4 Å². The van der Waals surface area contributed by atoms with Crippen LogP contribution < -0.4 is 4.74 Å². The zero-order valence-electron chi connectivity index (χ0n) is 24.1. The Balaban J connectivity index is 0.000000566. The Morgan fingerprint density at radius 2 is 1.43 bits per heavy atom. The molecule has 0 aromatic heterocycles. The molecule has 2 aliphatic rings. The quantitative estimate of drug-likeness (QED) is 0.329. The second-order valence-electron chi connectivity index (χ2n) is 10.8. The van der Waals surface area contributed by atoms with Crippen molar-refractivity contribution < 1.29 is 41.0 Å². The second-order valence-corrected chi connectivity index (χ2v) is 12.7. The maximum atomic E-state index is 13.2. The highest BCUT2D eigenvalue weighted by atomic mass is 32.2. The molecular weight excluding hydrogens is 597 g/mol. The highest BCUT2D eigenvalue weighted by Crippen LogP contribution is 2.25. The second kappa shape index (κ2) is 14.7. The molecule has 1 N–H and O–H groups in total. The summed E-state index contributed by atoms with van der Waals surface area (Å²) in [7, 11) is -3.46. The van der Waals surface area contributed by atoms with Crippen LogP contribution in [0, 0.1) is 0 Å². The van der Waals surface area contributed by atoms with Crippen molar-refractivity contribution in [1.82, 2.24) is 9.80 Å². The largest absolute Gasteiger partial charge is 0.490 e. The molecule has 236 valence electrons. The van der Waals surface area contributed by atoms with E-state index >= 15 is 0 Å². The van der Waals surface area contributed by atoms with Gasteiger partial charge in [-0.15, -0.1) is 0 Å². The number of amides is 1. The number of nitrogens with zero attached hydrogens (tertiary/aromatic N) is 2. The monoisotopic (exact) mass is 632 g/mol. The molecule has 1 atom stereocenters. The van der Waals surface area contributed by atoms with Crippen molar-refractivity contribution in [2.45, 2.75) is 55.2 Å². The first-order chi connectivity index (χ1) is 20.9. The van der Waals surface area contributed by atoms with Gasteiger partial charge in [0.15, 0.2) is 9.84 Å². The van der Waals surface area contributed by atoms with Crippen molar-refractivity contribution in [2.75, 3.05) is 26.2 Å². The number of alkyl halides is 3. The van der Waals surface area contributed by atoms with Gasteiger partial charge >= 0.3 is 12.1 Å². The molecule has 0 aliphatic carbocycles. The van der Waals surface area contributed by atoms with E-state index in [0.717, 1.165) is 50.1 Å². The summed E-state index contributed by atoms with van der Waals surface area (Å²) in [6.45, 7) is 4.33. The van der Waals surface area contributed by atoms with Gasteiger partial charge in [-0.1, -0.05) is 42.5 Å². The smallest absolute Gasteiger partial charge is 0.489 e. The first-order valence-corrected chi connectivity index (χ1v) is 16.0. The van der Waals surface area contributed by atoms with Gasteiger partial charge in [-0.25, -0.2) is 13.2 Å². The molecule has 12 heteroatoms. The number of aliphatic carboxylic acids is 1. The van der Waals surface area contributed by atoms with E-state index in [-0.39, 0.29) is 18.3 Å². The third kappa shape index (κ3) is 9.06. The number of hydrogen-bond donors (Lipinski definition) is 1. The van der Waals surface area contributed by atoms with E-state index in [1.54, 1.807) is 30.3 Å². The van der Waals surface area contributed by atoms with Crippen molar-refractivity contribution in [1.29, 1.82) is 0 Å². The van der Waals surface area contributed by atoms with E-state index < -0.39 is 22.0 Å². The van der Waals surface area contributed by atoms with Crippen LogP contribution in [0.3, 0.4) is 0 Å². The van der Waals surface area contributed by atoms with Gasteiger partial charge in [-0.05, 0) is 86.3 Å². The topological polar surface area (TPSA) is 104 Å². The Morgan fingerprint density at radius 3 is 2.05 bits per heavy atom. The van der Waals surface area contributed by atoms with E-state index in [0.29, 0.717) is 22.3 Å². The first-order valence-electron chi connectivity index (χ1n) is 14.3. The molecule has 0 unspecified atom stereocenters. The Labute approximate surface area is 255 Å². The molecule has 44 heavy (non-hydrogen) atoms. The molecule has 5 rings (SSSR count). The fraction of sp³-hybridized carbons (Fsp3) is 0.375. The van der Waals surface area contributed by atoms with Gasteiger partial charge in [0.2, 0.25) is 0 Å². The van der Waals surface area contributed by atoms with Crippen molar-refractivity contribution in [3.63, 3.8) is 0 Å². The molecule has 8 nitrogen and oxygen atoms in total. The maximum Gasteiger partial charge on any atom is 0.490 e. The van der Waals surface area contributed by atoms with Crippen LogP contribution in [0.5, 0.6) is 5.75 Å². The zero-order chi connectivity index (χ0) is 31.7. The number of sulfone groups is 1. The molecule has 2 fully saturated rings. The standard InChI is InChI=1S/C30H34N2O4S.C2HF3O2/c33-30(32-20-8-11-27(32)21-31-18-6-7-19-31)24-14-16-28(17-15-24)36-22-25-9-4-5-10-26(25)23-37(34,35)29-12-2-1-3-13-29;3-2(4,5)1(6)7/h1-5,9-10,12-17,27H,6-8,11,18-23H2;(H,6,7)/t27-;/m0./s1. The van der Waals surface area contributed by atoms with Gasteiger partial charge in [0.25, 0.3) is 5.91 Å². The minimum absolute atomic E-state index is 0.0849. The lowest BCUT2D eigenvalue weighted by Gasteiger charge is -2.28. The predicted octanol–water partition coefficient (Wildman–Crippen LogP) is 5.57. The van der Waals surface area contributed by atoms with Crippen LogP contribution in [0.25, 0.3) is 0 Å². The number of likely N-dealkylation sites (tertiary alicyclic amines) is 2. The number of carboxylic acid groups (broad SMARTS) is 1. The molecular formula is C32H35F3N2O6S. The summed E-state index contributed by atoms with van der Waals surface area (Å²) in [5, 5.41) is 7.12. The lowest BCUT2D eigenvalue weighted by Crippen LogP contribution is -2.42. The Kier molecular flexibility index (Phi) is 11.0. The van der Waals surface area contributed by atoms with Crippen LogP contribution in [0.15, 0.2) is 83.8 Å². The van der Waals surface area contributed by atoms with E-state index in [1.165, 1.54) is 12.8 Å². The lowest BCUT2D eigenvalue weighted by atomic mass is 10.1. The van der Waals surface area contributed by atoms with Gasteiger partial charge in [0, 0.05) is 24.7 Å². The van der Waals surface area contributed by atoms with Crippen LogP contribution in [0.2, 0.25) is 0 Å². The van der Waals surface area contributed by atoms with Gasteiger partial charge < -0.3 is 19.6 Å². The average molecular weight is 633 g/mol. The molecule has 0 saturated carbocycles. The molecule has 2 heterocycles. The first kappa shape index (κ1) is 33.0. The summed E-state index contributed by atoms with van der Waals surface area (Å²) < 4.78 is 63.5. The summed E-state index contributed by atoms with van der Waals surface area (Å²) in [5.41, 5.74) is 2.22. The molecule has 0 bridgehead atoms. The predicted molar refractivity (Wildman–Crippen MR) is 158 cm³/mol. The third-order valence-electron chi connectivity index (χ3n) is 7.61. The highest BCUT2D eigenvalue weighted by Gasteiger charge is 2.38. The van der Waals surface area contributed by atoms with E-state index in [1.807, 2.05) is 53.4 Å². The number of ether oxygens (including phenoxy) is 1. The zero-order valence-corrected chi connectivity index (χ0v) is 24.9. The van der Waals surface area contributed by atoms with Crippen LogP contribution >= 0.6 is 0 Å². The lowest BCUT2D eigenvalue weighted by molar-refractivity contribution is -0.192. The normalized spacial score (nSPS) is 17.2. The van der Waals surface area contributed by atoms with Crippen molar-refractivity contribution in [2.24, 2.45) is 0 Å². The summed E-state index contributed by atoms with van der Waals surface area (Å²) >= 11 is 0. The Bertz CT molecular complexity index is 1510. The number of rotatable bonds is 9. The van der Waals surface area contributed by atoms with Crippen LogP contribution in [-0.4, -0.2) is 73.6 Å². The summed E-state index contributed by atoms with van der Waals surface area (Å²) in [6.07, 6.45) is -0.432. The summed E-state index contributed by atoms with van der Waals surface area (Å²) in [5.74, 6) is -2.11. The van der Waals surface area contributed by atoms with E-state index in [9.17, 15) is 26.4 Å². The summed E-state index contributed by atoms with van der Waals surface area (Å²) in [4.78, 5) is 27.0. The van der Waals surface area contributed by atoms with Crippen molar-refractivity contribution in [3.05, 3.63) is 95.6 Å². The number of benzene rings is 3. The van der Waals surface area contributed by atoms with Gasteiger partial charge in [0.05, 0.1) is 10.6 Å². The number of hydrogen-bond acceptors (Lipinski definition) is 6. The number of carbonyl (C=O) groups excluding carboxylic acids is 1. The van der Waals surface area contributed by atoms with Crippen LogP contribution in [0.4, 0.5) is 13.2 Å². The van der Waals surface area contributed by atoms with Crippen molar-refractivity contribution in [3.8, 4) is 5.75 Å². The van der Waals surface area contributed by atoms with Crippen LogP contribution in [0.1, 0.15) is 47.2 Å². The fourth-order valence-corrected chi connectivity index (χ4v) is 6.76. The van der Waals surface area contributed by atoms with E-state index in [2.05, 4.69) is 4.90 Å². The summed E-state index contributed by atoms with van der Waals surface area (Å²) in [6, 6.07) is 23.5. The third-order valence-corrected chi connectivity index (χ3v) is 9.29. The SMILES string of the molecule is O=C(O)C(F)(F)F.O=C(c1ccc(OCc2ccccc2CS(=O)(=O)c2ccccc2)cc1)N1CCC[C@H]1CN1CCCC1. The average Bonchev–Trinajstić information content (AvgIpc) is 3.69. The minimum Gasteiger partial charge on any atom is -0.489 e. The minimum atomic E-state index is -5.08. The van der Waals surface area contributed by atoms with E-state index in [4.69, 9.17) is 14.6 Å². The molecule has 3 aromatic carbocycles. The molecule has 0 radical (unpaired) electrons. The molecule has 2 saturated heterocycles. The molecule has 0 spiro atoms. The Morgan fingerprint density at radius 1 is 0.841 bits per heavy atom. The molecule has 3 aromatic rings. The highest BCUT2D eigenvalue weighted by molar-refractivity contribution is 7.90. The number of carboxylic acids is 1. The fourth-order valence-electron chi connectivity index (χ4n) is 5.33. The Hall–Kier alpha value is -3.90. The van der Waals surface area contributed by atoms with Crippen molar-refractivity contribution >= 4 is 21.7 Å². The van der Waals surface area contributed by atoms with Gasteiger partial charge in [-0.2, -0.15) is 13.2 Å². The van der Waals surface area contributed by atoms with Crippen LogP contribution in [-0.2, 0) is 27.0 Å². The molecule has 1 amide bonds.